The Morgan fingerprint density at radius 2 is 1.68 bits per heavy atom. The number of rotatable bonds is 7. The van der Waals surface area contributed by atoms with E-state index in [-0.39, 0.29) is 11.7 Å². The zero-order valence-electron chi connectivity index (χ0n) is 17.1. The van der Waals surface area contributed by atoms with Crippen molar-refractivity contribution in [3.63, 3.8) is 0 Å². The highest BCUT2D eigenvalue weighted by atomic mass is 16.5. The highest BCUT2D eigenvalue weighted by Gasteiger charge is 2.23. The van der Waals surface area contributed by atoms with E-state index in [0.717, 1.165) is 37.6 Å². The minimum absolute atomic E-state index is 0.167. The first kappa shape index (κ1) is 20.7. The molecule has 2 amide bonds. The lowest BCUT2D eigenvalue weighted by molar-refractivity contribution is -0.118. The lowest BCUT2D eigenvalue weighted by Crippen LogP contribution is -2.45. The van der Waals surface area contributed by atoms with Gasteiger partial charge in [-0.3, -0.25) is 9.59 Å². The number of carbonyl (C=O) groups is 2. The fraction of sp³-hybridized carbons (Fsp3) is 0.250. The summed E-state index contributed by atoms with van der Waals surface area (Å²) in [5.74, 6) is -0.549. The average molecular weight is 419 g/mol. The van der Waals surface area contributed by atoms with Crippen molar-refractivity contribution in [2.45, 2.75) is 12.5 Å². The van der Waals surface area contributed by atoms with Crippen molar-refractivity contribution >= 4 is 23.2 Å². The molecule has 1 atom stereocenters. The highest BCUT2D eigenvalue weighted by molar-refractivity contribution is 6.00. The second-order valence-corrected chi connectivity index (χ2v) is 7.33. The molecule has 2 N–H and O–H groups in total. The van der Waals surface area contributed by atoms with Crippen LogP contribution in [0.15, 0.2) is 77.4 Å². The van der Waals surface area contributed by atoms with E-state index in [9.17, 15) is 9.59 Å². The summed E-state index contributed by atoms with van der Waals surface area (Å²) in [4.78, 5) is 27.8. The zero-order valence-corrected chi connectivity index (χ0v) is 17.1. The molecule has 1 aromatic heterocycles. The predicted molar refractivity (Wildman–Crippen MR) is 118 cm³/mol. The summed E-state index contributed by atoms with van der Waals surface area (Å²) >= 11 is 0. The second-order valence-electron chi connectivity index (χ2n) is 7.33. The maximum atomic E-state index is 13.0. The van der Waals surface area contributed by atoms with Gasteiger partial charge in [-0.05, 0) is 42.0 Å². The minimum atomic E-state index is -0.751. The Bertz CT molecular complexity index is 981. The largest absolute Gasteiger partial charge is 0.459 e. The van der Waals surface area contributed by atoms with Crippen LogP contribution >= 0.6 is 0 Å². The van der Waals surface area contributed by atoms with Crippen LogP contribution in [-0.4, -0.2) is 44.2 Å². The first-order valence-corrected chi connectivity index (χ1v) is 10.3. The molecule has 3 aromatic rings. The van der Waals surface area contributed by atoms with Gasteiger partial charge in [-0.15, -0.1) is 0 Å². The van der Waals surface area contributed by atoms with Crippen LogP contribution in [0.5, 0.6) is 0 Å². The first-order chi connectivity index (χ1) is 15.2. The molecule has 7 heteroatoms. The number of nitrogens with one attached hydrogen (secondary N) is 2. The van der Waals surface area contributed by atoms with Crippen molar-refractivity contribution in [2.75, 3.05) is 36.5 Å². The van der Waals surface area contributed by atoms with E-state index in [1.165, 1.54) is 6.26 Å². The van der Waals surface area contributed by atoms with Gasteiger partial charge >= 0.3 is 0 Å². The molecule has 0 radical (unpaired) electrons. The maximum Gasteiger partial charge on any atom is 0.287 e. The zero-order chi connectivity index (χ0) is 21.5. The summed E-state index contributed by atoms with van der Waals surface area (Å²) in [6.07, 6.45) is 1.79. The van der Waals surface area contributed by atoms with E-state index in [1.807, 2.05) is 54.6 Å². The molecule has 0 aliphatic carbocycles. The molecule has 1 fully saturated rings. The molecule has 1 aliphatic heterocycles. The fourth-order valence-electron chi connectivity index (χ4n) is 3.50. The standard InChI is InChI=1S/C24H25N3O4/c28-23(25-19-8-10-20(11-9-19)27-12-15-30-16-13-27)21(17-18-5-2-1-3-6-18)26-24(29)22-7-4-14-31-22/h1-11,14,21H,12-13,15-17H2,(H,25,28)(H,26,29). The Morgan fingerprint density at radius 1 is 0.935 bits per heavy atom. The van der Waals surface area contributed by atoms with Crippen molar-refractivity contribution < 1.29 is 18.7 Å². The summed E-state index contributed by atoms with van der Waals surface area (Å²) in [5.41, 5.74) is 2.71. The molecule has 31 heavy (non-hydrogen) atoms. The van der Waals surface area contributed by atoms with E-state index >= 15 is 0 Å². The molecule has 7 nitrogen and oxygen atoms in total. The van der Waals surface area contributed by atoms with Crippen LogP contribution in [0, 0.1) is 0 Å². The van der Waals surface area contributed by atoms with E-state index in [0.29, 0.717) is 12.1 Å². The van der Waals surface area contributed by atoms with Gasteiger partial charge in [0.1, 0.15) is 6.04 Å². The Labute approximate surface area is 181 Å². The Kier molecular flexibility index (Phi) is 6.64. The lowest BCUT2D eigenvalue weighted by atomic mass is 10.0. The number of carbonyl (C=O) groups excluding carboxylic acids is 2. The molecule has 4 rings (SSSR count). The Morgan fingerprint density at radius 3 is 2.35 bits per heavy atom. The predicted octanol–water partition coefficient (Wildman–Crippen LogP) is 3.10. The van der Waals surface area contributed by atoms with Crippen molar-refractivity contribution in [3.05, 3.63) is 84.3 Å². The van der Waals surface area contributed by atoms with Crippen LogP contribution in [0.3, 0.4) is 0 Å². The number of benzene rings is 2. The molecular weight excluding hydrogens is 394 g/mol. The SMILES string of the molecule is O=C(NC(Cc1ccccc1)C(=O)Nc1ccc(N2CCOCC2)cc1)c1ccco1. The van der Waals surface area contributed by atoms with E-state index < -0.39 is 11.9 Å². The van der Waals surface area contributed by atoms with Crippen LogP contribution < -0.4 is 15.5 Å². The number of hydrogen-bond acceptors (Lipinski definition) is 5. The number of ether oxygens (including phenoxy) is 1. The summed E-state index contributed by atoms with van der Waals surface area (Å²) in [5, 5.41) is 5.70. The lowest BCUT2D eigenvalue weighted by Gasteiger charge is -2.29. The molecule has 1 aliphatic rings. The smallest absolute Gasteiger partial charge is 0.287 e. The minimum Gasteiger partial charge on any atom is -0.459 e. The van der Waals surface area contributed by atoms with Crippen molar-refractivity contribution in [2.24, 2.45) is 0 Å². The molecule has 0 saturated carbocycles. The van der Waals surface area contributed by atoms with Gasteiger partial charge in [0.15, 0.2) is 5.76 Å². The van der Waals surface area contributed by atoms with Gasteiger partial charge < -0.3 is 24.7 Å². The third-order valence-electron chi connectivity index (χ3n) is 5.16. The number of hydrogen-bond donors (Lipinski definition) is 2. The Hall–Kier alpha value is -3.58. The number of nitrogens with zero attached hydrogens (tertiary/aromatic N) is 1. The number of anilines is 2. The van der Waals surface area contributed by atoms with Gasteiger partial charge in [0, 0.05) is 30.9 Å². The molecular formula is C24H25N3O4. The normalized spacial score (nSPS) is 14.6. The van der Waals surface area contributed by atoms with Crippen LogP contribution in [-0.2, 0) is 16.0 Å². The maximum absolute atomic E-state index is 13.0. The monoisotopic (exact) mass is 419 g/mol. The summed E-state index contributed by atoms with van der Waals surface area (Å²) in [6.45, 7) is 3.14. The van der Waals surface area contributed by atoms with Gasteiger partial charge in [0.05, 0.1) is 19.5 Å². The Balaban J connectivity index is 1.44. The van der Waals surface area contributed by atoms with E-state index in [4.69, 9.17) is 9.15 Å². The molecule has 2 heterocycles. The summed E-state index contributed by atoms with van der Waals surface area (Å²) < 4.78 is 10.5. The van der Waals surface area contributed by atoms with Crippen molar-refractivity contribution in [3.8, 4) is 0 Å². The van der Waals surface area contributed by atoms with Crippen LogP contribution in [0.25, 0.3) is 0 Å². The molecule has 160 valence electrons. The van der Waals surface area contributed by atoms with Gasteiger partial charge in [-0.1, -0.05) is 30.3 Å². The van der Waals surface area contributed by atoms with Crippen LogP contribution in [0.2, 0.25) is 0 Å². The van der Waals surface area contributed by atoms with Crippen molar-refractivity contribution in [1.82, 2.24) is 5.32 Å². The number of amides is 2. The third kappa shape index (κ3) is 5.52. The fourth-order valence-corrected chi connectivity index (χ4v) is 3.50. The summed E-state index contributed by atoms with van der Waals surface area (Å²) in [6, 6.07) is 19.7. The van der Waals surface area contributed by atoms with Crippen LogP contribution in [0.1, 0.15) is 16.1 Å². The van der Waals surface area contributed by atoms with Gasteiger partial charge in [0.2, 0.25) is 5.91 Å². The molecule has 1 unspecified atom stereocenters. The third-order valence-corrected chi connectivity index (χ3v) is 5.16. The van der Waals surface area contributed by atoms with Crippen LogP contribution in [0.4, 0.5) is 11.4 Å². The number of morpholine rings is 1. The average Bonchev–Trinajstić information content (AvgIpc) is 3.36. The highest BCUT2D eigenvalue weighted by Crippen LogP contribution is 2.19. The first-order valence-electron chi connectivity index (χ1n) is 10.3. The molecule has 2 aromatic carbocycles. The number of furan rings is 1. The van der Waals surface area contributed by atoms with Crippen molar-refractivity contribution in [1.29, 1.82) is 0 Å². The molecule has 1 saturated heterocycles. The second kappa shape index (κ2) is 9.95. The molecule has 0 spiro atoms. The quantitative estimate of drug-likeness (QED) is 0.615. The van der Waals surface area contributed by atoms with E-state index in [2.05, 4.69) is 15.5 Å². The molecule has 0 bridgehead atoms. The van der Waals surface area contributed by atoms with Gasteiger partial charge in [-0.2, -0.15) is 0 Å². The van der Waals surface area contributed by atoms with Gasteiger partial charge in [-0.25, -0.2) is 0 Å². The summed E-state index contributed by atoms with van der Waals surface area (Å²) in [7, 11) is 0. The van der Waals surface area contributed by atoms with Gasteiger partial charge in [0.25, 0.3) is 5.91 Å². The van der Waals surface area contributed by atoms with E-state index in [1.54, 1.807) is 12.1 Å². The topological polar surface area (TPSA) is 83.8 Å².